The van der Waals surface area contributed by atoms with Crippen molar-refractivity contribution in [1.82, 2.24) is 9.88 Å². The standard InChI is InChI=1S/C24H32N2O3/c1-13(2)29-21-6-4-5-20-23(21)19(12-25-20)14(3)7-22(27)26-17-8-15-9-18(26)11-16(10-17)24(15)28/h4-6,12-18,24-25,28H,7-11H2,1-3H3. The molecule has 1 atom stereocenters. The Bertz CT molecular complexity index is 888. The number of amides is 1. The second-order valence-electron chi connectivity index (χ2n) is 9.76. The summed E-state index contributed by atoms with van der Waals surface area (Å²) < 4.78 is 6.05. The van der Waals surface area contributed by atoms with Crippen molar-refractivity contribution in [2.24, 2.45) is 11.8 Å². The van der Waals surface area contributed by atoms with Crippen LogP contribution in [0.25, 0.3) is 10.9 Å². The molecule has 5 nitrogen and oxygen atoms in total. The zero-order valence-corrected chi connectivity index (χ0v) is 17.6. The second kappa shape index (κ2) is 7.05. The molecule has 2 aromatic rings. The van der Waals surface area contributed by atoms with Gasteiger partial charge in [-0.05, 0) is 75.0 Å². The van der Waals surface area contributed by atoms with Crippen LogP contribution in [-0.4, -0.2) is 45.2 Å². The molecule has 3 heterocycles. The number of piperidine rings is 2. The third-order valence-corrected chi connectivity index (χ3v) is 7.41. The van der Waals surface area contributed by atoms with E-state index in [1.165, 1.54) is 0 Å². The summed E-state index contributed by atoms with van der Waals surface area (Å²) in [5.74, 6) is 2.09. The van der Waals surface area contributed by atoms with Crippen LogP contribution in [0.5, 0.6) is 5.75 Å². The van der Waals surface area contributed by atoms with Gasteiger partial charge >= 0.3 is 0 Å². The van der Waals surface area contributed by atoms with Crippen LogP contribution in [0.4, 0.5) is 0 Å². The van der Waals surface area contributed by atoms with Crippen LogP contribution in [0.1, 0.15) is 64.4 Å². The van der Waals surface area contributed by atoms with Crippen molar-refractivity contribution in [1.29, 1.82) is 0 Å². The lowest BCUT2D eigenvalue weighted by molar-refractivity contribution is -0.163. The smallest absolute Gasteiger partial charge is 0.223 e. The average molecular weight is 397 g/mol. The average Bonchev–Trinajstić information content (AvgIpc) is 3.09. The molecule has 2 aliphatic carbocycles. The number of aliphatic hydroxyl groups is 1. The lowest BCUT2D eigenvalue weighted by Gasteiger charge is -2.58. The van der Waals surface area contributed by atoms with Gasteiger partial charge in [0, 0.05) is 35.6 Å². The predicted molar refractivity (Wildman–Crippen MR) is 113 cm³/mol. The molecular weight excluding hydrogens is 364 g/mol. The minimum absolute atomic E-state index is 0.106. The number of nitrogens with zero attached hydrogens (tertiary/aromatic N) is 1. The van der Waals surface area contributed by atoms with Crippen LogP contribution < -0.4 is 4.74 Å². The molecule has 4 bridgehead atoms. The fraction of sp³-hybridized carbons (Fsp3) is 0.625. The van der Waals surface area contributed by atoms with E-state index in [2.05, 4.69) is 22.9 Å². The molecule has 4 aliphatic rings. The topological polar surface area (TPSA) is 65.6 Å². The van der Waals surface area contributed by atoms with E-state index in [-0.39, 0.29) is 24.0 Å². The van der Waals surface area contributed by atoms with Crippen molar-refractivity contribution in [2.45, 2.75) is 83.1 Å². The summed E-state index contributed by atoms with van der Waals surface area (Å²) in [6.07, 6.45) is 6.45. The number of fused-ring (bicyclic) bond motifs is 1. The molecule has 156 valence electrons. The van der Waals surface area contributed by atoms with E-state index in [1.54, 1.807) is 0 Å². The van der Waals surface area contributed by atoms with Gasteiger partial charge in [0.05, 0.1) is 12.2 Å². The summed E-state index contributed by atoms with van der Waals surface area (Å²) in [7, 11) is 0. The number of carbonyl (C=O) groups is 1. The Hall–Kier alpha value is -2.01. The number of aromatic amines is 1. The van der Waals surface area contributed by atoms with Crippen LogP contribution in [0.2, 0.25) is 0 Å². The van der Waals surface area contributed by atoms with Crippen LogP contribution in [0, 0.1) is 11.8 Å². The first-order chi connectivity index (χ1) is 13.9. The summed E-state index contributed by atoms with van der Waals surface area (Å²) in [4.78, 5) is 18.9. The van der Waals surface area contributed by atoms with Crippen molar-refractivity contribution in [2.75, 3.05) is 0 Å². The first kappa shape index (κ1) is 19.0. The number of hydrogen-bond acceptors (Lipinski definition) is 3. The highest BCUT2D eigenvalue weighted by molar-refractivity contribution is 5.90. The van der Waals surface area contributed by atoms with Crippen molar-refractivity contribution >= 4 is 16.8 Å². The molecule has 0 radical (unpaired) electrons. The fourth-order valence-electron chi connectivity index (χ4n) is 6.28. The molecule has 1 unspecified atom stereocenters. The van der Waals surface area contributed by atoms with Crippen molar-refractivity contribution in [3.63, 3.8) is 0 Å². The molecule has 0 spiro atoms. The number of rotatable bonds is 5. The van der Waals surface area contributed by atoms with Gasteiger partial charge in [-0.2, -0.15) is 0 Å². The quantitative estimate of drug-likeness (QED) is 0.796. The van der Waals surface area contributed by atoms with Gasteiger partial charge in [-0.1, -0.05) is 13.0 Å². The molecule has 2 aliphatic heterocycles. The minimum Gasteiger partial charge on any atom is -0.490 e. The molecule has 1 aromatic heterocycles. The van der Waals surface area contributed by atoms with E-state index in [4.69, 9.17) is 4.74 Å². The minimum atomic E-state index is -0.135. The lowest BCUT2D eigenvalue weighted by atomic mass is 9.62. The SMILES string of the molecule is CC(C)Oc1cccc2[nH]cc(C(C)CC(=O)N3C4CC5CC3CC(C4)C5O)c12. The summed E-state index contributed by atoms with van der Waals surface area (Å²) in [5.41, 5.74) is 2.21. The van der Waals surface area contributed by atoms with E-state index < -0.39 is 0 Å². The van der Waals surface area contributed by atoms with Gasteiger partial charge in [-0.25, -0.2) is 0 Å². The number of aliphatic hydroxyl groups excluding tert-OH is 1. The third-order valence-electron chi connectivity index (χ3n) is 7.41. The summed E-state index contributed by atoms with van der Waals surface area (Å²) in [6, 6.07) is 6.76. The largest absolute Gasteiger partial charge is 0.490 e. The van der Waals surface area contributed by atoms with E-state index in [1.807, 2.05) is 32.2 Å². The van der Waals surface area contributed by atoms with E-state index in [9.17, 15) is 9.90 Å². The monoisotopic (exact) mass is 396 g/mol. The summed E-state index contributed by atoms with van der Waals surface area (Å²) >= 11 is 0. The Morgan fingerprint density at radius 3 is 2.45 bits per heavy atom. The number of H-pyrrole nitrogens is 1. The highest BCUT2D eigenvalue weighted by Gasteiger charge is 2.52. The molecule has 4 fully saturated rings. The highest BCUT2D eigenvalue weighted by Crippen LogP contribution is 2.49. The van der Waals surface area contributed by atoms with Gasteiger partial charge in [0.25, 0.3) is 0 Å². The Balaban J connectivity index is 1.36. The second-order valence-corrected chi connectivity index (χ2v) is 9.76. The molecule has 1 amide bonds. The van der Waals surface area contributed by atoms with Crippen LogP contribution >= 0.6 is 0 Å². The van der Waals surface area contributed by atoms with Gasteiger partial charge in [0.15, 0.2) is 0 Å². The van der Waals surface area contributed by atoms with Gasteiger partial charge in [0.1, 0.15) is 5.75 Å². The number of nitrogens with one attached hydrogen (secondary N) is 1. The maximum absolute atomic E-state index is 13.3. The van der Waals surface area contributed by atoms with Crippen LogP contribution in [0.3, 0.4) is 0 Å². The molecule has 6 rings (SSSR count). The molecule has 2 N–H and O–H groups in total. The zero-order chi connectivity index (χ0) is 20.3. The predicted octanol–water partition coefficient (Wildman–Crippen LogP) is 4.21. The van der Waals surface area contributed by atoms with Gasteiger partial charge in [-0.15, -0.1) is 0 Å². The van der Waals surface area contributed by atoms with Crippen LogP contribution in [0.15, 0.2) is 24.4 Å². The first-order valence-corrected chi connectivity index (χ1v) is 11.2. The van der Waals surface area contributed by atoms with Gasteiger partial charge < -0.3 is 19.7 Å². The summed E-state index contributed by atoms with van der Waals surface area (Å²) in [5, 5.41) is 11.5. The zero-order valence-electron chi connectivity index (χ0n) is 17.6. The Morgan fingerprint density at radius 2 is 1.83 bits per heavy atom. The number of hydrogen-bond donors (Lipinski definition) is 2. The highest BCUT2D eigenvalue weighted by atomic mass is 16.5. The van der Waals surface area contributed by atoms with Crippen LogP contribution in [-0.2, 0) is 4.79 Å². The molecular formula is C24H32N2O3. The van der Waals surface area contributed by atoms with Crippen molar-refractivity contribution in [3.05, 3.63) is 30.0 Å². The maximum atomic E-state index is 13.3. The molecule has 1 aromatic carbocycles. The number of aromatic nitrogens is 1. The molecule has 5 heteroatoms. The van der Waals surface area contributed by atoms with Gasteiger partial charge in [-0.3, -0.25) is 4.79 Å². The molecule has 2 saturated heterocycles. The number of benzene rings is 1. The number of carbonyl (C=O) groups excluding carboxylic acids is 1. The van der Waals surface area contributed by atoms with E-state index >= 15 is 0 Å². The van der Waals surface area contributed by atoms with Crippen molar-refractivity contribution in [3.8, 4) is 5.75 Å². The maximum Gasteiger partial charge on any atom is 0.223 e. The lowest BCUT2D eigenvalue weighted by Crippen LogP contribution is -2.64. The van der Waals surface area contributed by atoms with E-state index in [0.717, 1.165) is 47.9 Å². The third kappa shape index (κ3) is 3.14. The Morgan fingerprint density at radius 1 is 1.17 bits per heavy atom. The Kier molecular flexibility index (Phi) is 4.61. The van der Waals surface area contributed by atoms with Crippen molar-refractivity contribution < 1.29 is 14.6 Å². The van der Waals surface area contributed by atoms with Gasteiger partial charge in [0.2, 0.25) is 5.91 Å². The molecule has 2 saturated carbocycles. The molecule has 29 heavy (non-hydrogen) atoms. The number of ether oxygens (including phenoxy) is 1. The fourth-order valence-corrected chi connectivity index (χ4v) is 6.28. The van der Waals surface area contributed by atoms with E-state index in [0.29, 0.717) is 30.3 Å². The first-order valence-electron chi connectivity index (χ1n) is 11.2. The summed E-state index contributed by atoms with van der Waals surface area (Å²) in [6.45, 7) is 6.22. The normalized spacial score (nSPS) is 31.6. The Labute approximate surface area is 172 Å².